The van der Waals surface area contributed by atoms with Crippen LogP contribution >= 0.6 is 0 Å². The second-order valence-electron chi connectivity index (χ2n) is 7.51. The number of hydrogen-bond donors (Lipinski definition) is 0. The zero-order chi connectivity index (χ0) is 17.8. The van der Waals surface area contributed by atoms with Crippen LogP contribution in [0.1, 0.15) is 53.0 Å². The number of carbonyl (C=O) groups is 1. The molecule has 1 heterocycles. The molecule has 1 aliphatic heterocycles. The summed E-state index contributed by atoms with van der Waals surface area (Å²) in [5.41, 5.74) is 0.579. The van der Waals surface area contributed by atoms with Crippen molar-refractivity contribution in [3.63, 3.8) is 0 Å². The third kappa shape index (κ3) is 6.59. The van der Waals surface area contributed by atoms with Crippen LogP contribution in [0.5, 0.6) is 0 Å². The van der Waals surface area contributed by atoms with Gasteiger partial charge in [-0.2, -0.15) is 0 Å². The Hall–Kier alpha value is -1.43. The topological polar surface area (TPSA) is 54.0 Å². The molecule has 1 aliphatic rings. The Morgan fingerprint density at radius 3 is 2.50 bits per heavy atom. The van der Waals surface area contributed by atoms with Crippen molar-refractivity contribution in [2.75, 3.05) is 0 Å². The minimum absolute atomic E-state index is 0.190. The van der Waals surface area contributed by atoms with E-state index in [1.54, 1.807) is 0 Å². The molecule has 0 aromatic heterocycles. The molecule has 0 radical (unpaired) electrons. The molecule has 134 valence electrons. The first-order chi connectivity index (χ1) is 11.1. The van der Waals surface area contributed by atoms with Gasteiger partial charge in [0.1, 0.15) is 5.60 Å². The van der Waals surface area contributed by atoms with Crippen LogP contribution in [0.4, 0.5) is 0 Å². The van der Waals surface area contributed by atoms with E-state index in [1.165, 1.54) is 0 Å². The number of ether oxygens (including phenoxy) is 4. The second kappa shape index (κ2) is 7.64. The molecule has 0 aliphatic carbocycles. The third-order valence-corrected chi connectivity index (χ3v) is 3.41. The second-order valence-corrected chi connectivity index (χ2v) is 7.51. The van der Waals surface area contributed by atoms with Crippen molar-refractivity contribution in [2.24, 2.45) is 0 Å². The predicted molar refractivity (Wildman–Crippen MR) is 90.1 cm³/mol. The molecule has 5 nitrogen and oxygen atoms in total. The number of hydrogen-bond acceptors (Lipinski definition) is 5. The van der Waals surface area contributed by atoms with Crippen molar-refractivity contribution >= 4 is 5.97 Å². The number of benzene rings is 1. The van der Waals surface area contributed by atoms with Gasteiger partial charge < -0.3 is 18.9 Å². The van der Waals surface area contributed by atoms with Gasteiger partial charge in [0.2, 0.25) is 0 Å². The highest BCUT2D eigenvalue weighted by Crippen LogP contribution is 2.30. The number of esters is 1. The summed E-state index contributed by atoms with van der Waals surface area (Å²) in [7, 11) is 0. The van der Waals surface area contributed by atoms with E-state index in [9.17, 15) is 4.79 Å². The molecule has 2 atom stereocenters. The normalized spacial score (nSPS) is 23.7. The Labute approximate surface area is 144 Å². The van der Waals surface area contributed by atoms with E-state index in [0.717, 1.165) is 5.56 Å². The molecule has 0 N–H and O–H groups in total. The third-order valence-electron chi connectivity index (χ3n) is 3.41. The summed E-state index contributed by atoms with van der Waals surface area (Å²) in [6.45, 7) is 9.67. The molecule has 0 unspecified atom stereocenters. The van der Waals surface area contributed by atoms with Crippen molar-refractivity contribution in [3.05, 3.63) is 35.9 Å². The van der Waals surface area contributed by atoms with Crippen LogP contribution in [-0.2, 0) is 30.3 Å². The number of carbonyl (C=O) groups excluding carboxylic acids is 1. The van der Waals surface area contributed by atoms with Crippen LogP contribution in [0, 0.1) is 0 Å². The zero-order valence-corrected chi connectivity index (χ0v) is 15.2. The molecule has 5 heteroatoms. The standard InChI is InChI=1S/C19H28O5/c1-18(2,3)23-16(20)11-15-12-17(24-19(4,5)22-15)21-13-14-9-7-6-8-10-14/h6-10,15,17H,11-13H2,1-5H3/t15-,17-/m0/s1. The maximum absolute atomic E-state index is 12.0. The summed E-state index contributed by atoms with van der Waals surface area (Å²) in [6.07, 6.45) is -0.0177. The van der Waals surface area contributed by atoms with Gasteiger partial charge in [0.25, 0.3) is 0 Å². The highest BCUT2D eigenvalue weighted by molar-refractivity contribution is 5.70. The molecule has 2 rings (SSSR count). The van der Waals surface area contributed by atoms with Crippen LogP contribution in [0.3, 0.4) is 0 Å². The lowest BCUT2D eigenvalue weighted by molar-refractivity contribution is -0.353. The fourth-order valence-corrected chi connectivity index (χ4v) is 2.62. The van der Waals surface area contributed by atoms with E-state index >= 15 is 0 Å². The molecule has 1 fully saturated rings. The van der Waals surface area contributed by atoms with Crippen molar-refractivity contribution in [3.8, 4) is 0 Å². The first-order valence-corrected chi connectivity index (χ1v) is 8.36. The van der Waals surface area contributed by atoms with E-state index in [1.807, 2.05) is 65.0 Å². The molecule has 1 saturated heterocycles. The van der Waals surface area contributed by atoms with E-state index in [-0.39, 0.29) is 18.5 Å². The van der Waals surface area contributed by atoms with Gasteiger partial charge in [0.05, 0.1) is 19.1 Å². The molecule has 0 amide bonds. The highest BCUT2D eigenvalue weighted by Gasteiger charge is 2.37. The smallest absolute Gasteiger partial charge is 0.308 e. The maximum atomic E-state index is 12.0. The summed E-state index contributed by atoms with van der Waals surface area (Å²) in [6, 6.07) is 9.91. The van der Waals surface area contributed by atoms with Gasteiger partial charge in [0.15, 0.2) is 12.1 Å². The Bertz CT molecular complexity index is 532. The van der Waals surface area contributed by atoms with Crippen LogP contribution < -0.4 is 0 Å². The van der Waals surface area contributed by atoms with Crippen molar-refractivity contribution in [2.45, 2.75) is 77.8 Å². The summed E-state index contributed by atoms with van der Waals surface area (Å²) in [4.78, 5) is 12.0. The predicted octanol–water partition coefficient (Wildman–Crippen LogP) is 3.80. The van der Waals surface area contributed by atoms with E-state index < -0.39 is 17.7 Å². The van der Waals surface area contributed by atoms with Crippen molar-refractivity contribution in [1.29, 1.82) is 0 Å². The Morgan fingerprint density at radius 1 is 1.21 bits per heavy atom. The lowest BCUT2D eigenvalue weighted by atomic mass is 10.1. The summed E-state index contributed by atoms with van der Waals surface area (Å²) < 4.78 is 22.9. The van der Waals surface area contributed by atoms with Crippen LogP contribution in [0.2, 0.25) is 0 Å². The molecule has 0 saturated carbocycles. The van der Waals surface area contributed by atoms with Gasteiger partial charge in [-0.1, -0.05) is 30.3 Å². The molecule has 24 heavy (non-hydrogen) atoms. The molecule has 1 aromatic carbocycles. The largest absolute Gasteiger partial charge is 0.460 e. The van der Waals surface area contributed by atoms with Gasteiger partial charge in [0, 0.05) is 6.42 Å². The lowest BCUT2D eigenvalue weighted by Crippen LogP contribution is -2.46. The van der Waals surface area contributed by atoms with Crippen LogP contribution in [-0.4, -0.2) is 29.8 Å². The first-order valence-electron chi connectivity index (χ1n) is 8.36. The summed E-state index contributed by atoms with van der Waals surface area (Å²) in [5, 5.41) is 0. The quantitative estimate of drug-likeness (QED) is 0.766. The van der Waals surface area contributed by atoms with Crippen LogP contribution in [0.25, 0.3) is 0 Å². The maximum Gasteiger partial charge on any atom is 0.308 e. The van der Waals surface area contributed by atoms with Crippen molar-refractivity contribution < 1.29 is 23.7 Å². The van der Waals surface area contributed by atoms with Gasteiger partial charge in [-0.25, -0.2) is 0 Å². The van der Waals surface area contributed by atoms with E-state index in [0.29, 0.717) is 13.0 Å². The molecular formula is C19H28O5. The van der Waals surface area contributed by atoms with Crippen molar-refractivity contribution in [1.82, 2.24) is 0 Å². The van der Waals surface area contributed by atoms with Gasteiger partial charge >= 0.3 is 5.97 Å². The molecule has 1 aromatic rings. The summed E-state index contributed by atoms with van der Waals surface area (Å²) >= 11 is 0. The minimum atomic E-state index is -0.799. The van der Waals surface area contributed by atoms with Gasteiger partial charge in [-0.05, 0) is 40.2 Å². The average molecular weight is 336 g/mol. The Balaban J connectivity index is 1.90. The fraction of sp³-hybridized carbons (Fsp3) is 0.632. The molecular weight excluding hydrogens is 308 g/mol. The van der Waals surface area contributed by atoms with Crippen LogP contribution in [0.15, 0.2) is 30.3 Å². The SMILES string of the molecule is CC(C)(C)OC(=O)C[C@H]1C[C@@H](OCc2ccccc2)OC(C)(C)O1. The Kier molecular flexibility index (Phi) is 6.01. The average Bonchev–Trinajstić information content (AvgIpc) is 2.42. The van der Waals surface area contributed by atoms with E-state index in [2.05, 4.69) is 0 Å². The monoisotopic (exact) mass is 336 g/mol. The number of rotatable bonds is 5. The fourth-order valence-electron chi connectivity index (χ4n) is 2.62. The van der Waals surface area contributed by atoms with Gasteiger partial charge in [-0.3, -0.25) is 4.79 Å². The zero-order valence-electron chi connectivity index (χ0n) is 15.2. The van der Waals surface area contributed by atoms with Gasteiger partial charge in [-0.15, -0.1) is 0 Å². The Morgan fingerprint density at radius 2 is 1.88 bits per heavy atom. The minimum Gasteiger partial charge on any atom is -0.460 e. The molecule has 0 bridgehead atoms. The molecule has 0 spiro atoms. The summed E-state index contributed by atoms with van der Waals surface area (Å²) in [5.74, 6) is -1.07. The lowest BCUT2D eigenvalue weighted by Gasteiger charge is -2.40. The first kappa shape index (κ1) is 18.9. The highest BCUT2D eigenvalue weighted by atomic mass is 16.8. The van der Waals surface area contributed by atoms with E-state index in [4.69, 9.17) is 18.9 Å².